The number of hydrogen-bond donors (Lipinski definition) is 2. The zero-order valence-corrected chi connectivity index (χ0v) is 11.6. The Morgan fingerprint density at radius 1 is 1.50 bits per heavy atom. The Morgan fingerprint density at radius 3 is 2.72 bits per heavy atom. The Bertz CT molecular complexity index is 516. The third-order valence-electron chi connectivity index (χ3n) is 1.91. The maximum Gasteiger partial charge on any atom is 0.409 e. The van der Waals surface area contributed by atoms with Gasteiger partial charge in [0.2, 0.25) is 0 Å². The zero-order valence-electron chi connectivity index (χ0n) is 9.24. The van der Waals surface area contributed by atoms with Gasteiger partial charge in [-0.05, 0) is 45.8 Å². The lowest BCUT2D eigenvalue weighted by atomic mass is 10.2. The van der Waals surface area contributed by atoms with Gasteiger partial charge in [0, 0.05) is 10.7 Å². The van der Waals surface area contributed by atoms with Gasteiger partial charge in [0.05, 0.1) is 7.11 Å². The second-order valence-electron chi connectivity index (χ2n) is 3.15. The first kappa shape index (κ1) is 14.5. The van der Waals surface area contributed by atoms with Crippen molar-refractivity contribution in [3.05, 3.63) is 33.3 Å². The standard InChI is InChI=1S/C11H9BrClNO4/c1-18-10(15)8(12)5-6-4-7(14-11(16)17)2-3-9(6)13/h2-5,14H,1H3,(H,16,17). The van der Waals surface area contributed by atoms with E-state index in [0.29, 0.717) is 16.3 Å². The second kappa shape index (κ2) is 6.42. The maximum atomic E-state index is 11.2. The number of ether oxygens (including phenoxy) is 1. The van der Waals surface area contributed by atoms with Gasteiger partial charge in [-0.25, -0.2) is 9.59 Å². The fourth-order valence-corrected chi connectivity index (χ4v) is 1.73. The van der Waals surface area contributed by atoms with E-state index >= 15 is 0 Å². The summed E-state index contributed by atoms with van der Waals surface area (Å²) in [6.07, 6.45) is 0.264. The lowest BCUT2D eigenvalue weighted by Gasteiger charge is -2.05. The molecule has 0 bridgehead atoms. The third kappa shape index (κ3) is 4.05. The minimum Gasteiger partial charge on any atom is -0.465 e. The van der Waals surface area contributed by atoms with Crippen LogP contribution in [0.15, 0.2) is 22.7 Å². The molecule has 0 spiro atoms. The van der Waals surface area contributed by atoms with Gasteiger partial charge in [-0.2, -0.15) is 0 Å². The number of anilines is 1. The van der Waals surface area contributed by atoms with E-state index in [1.807, 2.05) is 0 Å². The number of esters is 1. The molecule has 96 valence electrons. The summed E-state index contributed by atoms with van der Waals surface area (Å²) in [6, 6.07) is 4.54. The number of carbonyl (C=O) groups excluding carboxylic acids is 1. The van der Waals surface area contributed by atoms with Crippen molar-refractivity contribution in [2.45, 2.75) is 0 Å². The zero-order chi connectivity index (χ0) is 13.7. The molecule has 0 saturated carbocycles. The molecule has 0 unspecified atom stereocenters. The average Bonchev–Trinajstić information content (AvgIpc) is 2.31. The number of benzene rings is 1. The molecular weight excluding hydrogens is 325 g/mol. The van der Waals surface area contributed by atoms with Crippen molar-refractivity contribution >= 4 is 51.4 Å². The molecule has 7 heteroatoms. The average molecular weight is 335 g/mol. The van der Waals surface area contributed by atoms with Crippen molar-refractivity contribution in [3.63, 3.8) is 0 Å². The van der Waals surface area contributed by atoms with Gasteiger partial charge in [0.15, 0.2) is 0 Å². The van der Waals surface area contributed by atoms with Gasteiger partial charge >= 0.3 is 12.1 Å². The van der Waals surface area contributed by atoms with Crippen LogP contribution in [0.1, 0.15) is 5.56 Å². The number of hydrogen-bond acceptors (Lipinski definition) is 3. The van der Waals surface area contributed by atoms with E-state index in [1.165, 1.54) is 31.4 Å². The molecule has 0 aliphatic rings. The number of carboxylic acid groups (broad SMARTS) is 1. The number of nitrogens with one attached hydrogen (secondary N) is 1. The van der Waals surface area contributed by atoms with E-state index in [9.17, 15) is 9.59 Å². The maximum absolute atomic E-state index is 11.2. The van der Waals surface area contributed by atoms with Crippen LogP contribution >= 0.6 is 27.5 Å². The molecule has 18 heavy (non-hydrogen) atoms. The number of halogens is 2. The van der Waals surface area contributed by atoms with Crippen LogP contribution in [0, 0.1) is 0 Å². The number of carbonyl (C=O) groups is 2. The monoisotopic (exact) mass is 333 g/mol. The highest BCUT2D eigenvalue weighted by molar-refractivity contribution is 9.12. The molecule has 0 fully saturated rings. The summed E-state index contributed by atoms with van der Waals surface area (Å²) in [5.74, 6) is -0.553. The van der Waals surface area contributed by atoms with Crippen LogP contribution in [0.4, 0.5) is 10.5 Å². The molecule has 0 radical (unpaired) electrons. The quantitative estimate of drug-likeness (QED) is 0.656. The van der Waals surface area contributed by atoms with Gasteiger partial charge in [-0.3, -0.25) is 5.32 Å². The van der Waals surface area contributed by atoms with E-state index < -0.39 is 12.1 Å². The molecule has 2 N–H and O–H groups in total. The van der Waals surface area contributed by atoms with Crippen molar-refractivity contribution in [1.82, 2.24) is 0 Å². The van der Waals surface area contributed by atoms with Crippen molar-refractivity contribution in [2.75, 3.05) is 12.4 Å². The summed E-state index contributed by atoms with van der Waals surface area (Å²) in [5.41, 5.74) is 0.837. The molecule has 0 heterocycles. The van der Waals surface area contributed by atoms with Crippen LogP contribution in [0.2, 0.25) is 5.02 Å². The number of amides is 1. The van der Waals surface area contributed by atoms with Gasteiger partial charge in [-0.15, -0.1) is 0 Å². The lowest BCUT2D eigenvalue weighted by Crippen LogP contribution is -2.07. The first-order valence-electron chi connectivity index (χ1n) is 4.69. The molecule has 0 aromatic heterocycles. The first-order chi connectivity index (χ1) is 8.43. The highest BCUT2D eigenvalue weighted by atomic mass is 79.9. The van der Waals surface area contributed by atoms with E-state index in [0.717, 1.165) is 0 Å². The van der Waals surface area contributed by atoms with E-state index in [2.05, 4.69) is 26.0 Å². The van der Waals surface area contributed by atoms with Crippen LogP contribution < -0.4 is 5.32 Å². The minimum absolute atomic E-state index is 0.180. The first-order valence-corrected chi connectivity index (χ1v) is 5.86. The van der Waals surface area contributed by atoms with Crippen LogP contribution in [0.3, 0.4) is 0 Å². The van der Waals surface area contributed by atoms with Gasteiger partial charge in [-0.1, -0.05) is 11.6 Å². The van der Waals surface area contributed by atoms with E-state index in [1.54, 1.807) is 0 Å². The number of methoxy groups -OCH3 is 1. The summed E-state index contributed by atoms with van der Waals surface area (Å²) in [5, 5.41) is 11.2. The lowest BCUT2D eigenvalue weighted by molar-refractivity contribution is -0.135. The Morgan fingerprint density at radius 2 is 2.17 bits per heavy atom. The summed E-state index contributed by atoms with van der Waals surface area (Å²) < 4.78 is 4.69. The molecule has 5 nitrogen and oxygen atoms in total. The van der Waals surface area contributed by atoms with Crippen LogP contribution in [0.5, 0.6) is 0 Å². The molecule has 1 rings (SSSR count). The fourth-order valence-electron chi connectivity index (χ4n) is 1.15. The smallest absolute Gasteiger partial charge is 0.409 e. The largest absolute Gasteiger partial charge is 0.465 e. The Balaban J connectivity index is 3.08. The molecule has 1 aromatic carbocycles. The molecule has 1 aromatic rings. The summed E-state index contributed by atoms with van der Waals surface area (Å²) >= 11 is 8.97. The second-order valence-corrected chi connectivity index (χ2v) is 4.41. The van der Waals surface area contributed by atoms with Crippen molar-refractivity contribution in [2.24, 2.45) is 0 Å². The fraction of sp³-hybridized carbons (Fsp3) is 0.0909. The van der Waals surface area contributed by atoms with Gasteiger partial charge in [0.1, 0.15) is 4.48 Å². The van der Waals surface area contributed by atoms with Crippen LogP contribution in [-0.2, 0) is 9.53 Å². The highest BCUT2D eigenvalue weighted by Gasteiger charge is 2.08. The summed E-state index contributed by atoms with van der Waals surface area (Å²) in [4.78, 5) is 21.7. The van der Waals surface area contributed by atoms with E-state index in [-0.39, 0.29) is 4.48 Å². The predicted octanol–water partition coefficient (Wildman–Crippen LogP) is 3.34. The molecule has 1 amide bonds. The van der Waals surface area contributed by atoms with E-state index in [4.69, 9.17) is 16.7 Å². The van der Waals surface area contributed by atoms with Crippen LogP contribution in [0.25, 0.3) is 6.08 Å². The normalized spacial score (nSPS) is 10.9. The third-order valence-corrected chi connectivity index (χ3v) is 2.81. The van der Waals surface area contributed by atoms with Crippen molar-refractivity contribution < 1.29 is 19.4 Å². The summed E-state index contributed by atoms with van der Waals surface area (Å²) in [7, 11) is 1.25. The van der Waals surface area contributed by atoms with Gasteiger partial charge < -0.3 is 9.84 Å². The molecule has 0 aliphatic carbocycles. The Labute approximate surface area is 117 Å². The van der Waals surface area contributed by atoms with Gasteiger partial charge in [0.25, 0.3) is 0 Å². The molecule has 0 saturated heterocycles. The Hall–Kier alpha value is -1.53. The molecule has 0 aliphatic heterocycles. The SMILES string of the molecule is COC(=O)C(Br)=Cc1cc(NC(=O)O)ccc1Cl. The minimum atomic E-state index is -1.18. The summed E-state index contributed by atoms with van der Waals surface area (Å²) in [6.45, 7) is 0. The highest BCUT2D eigenvalue weighted by Crippen LogP contribution is 2.24. The number of rotatable bonds is 3. The van der Waals surface area contributed by atoms with Crippen molar-refractivity contribution in [1.29, 1.82) is 0 Å². The Kier molecular flexibility index (Phi) is 5.18. The van der Waals surface area contributed by atoms with Crippen LogP contribution in [-0.4, -0.2) is 24.3 Å². The predicted molar refractivity (Wildman–Crippen MR) is 72.0 cm³/mol. The van der Waals surface area contributed by atoms with Crippen molar-refractivity contribution in [3.8, 4) is 0 Å². The molecular formula is C11H9BrClNO4. The topological polar surface area (TPSA) is 75.6 Å². The molecule has 0 atom stereocenters.